The van der Waals surface area contributed by atoms with Gasteiger partial charge in [-0.1, -0.05) is 0 Å². The molecule has 1 amide bonds. The summed E-state index contributed by atoms with van der Waals surface area (Å²) in [6.45, 7) is 7.49. The van der Waals surface area contributed by atoms with Crippen LogP contribution in [0.2, 0.25) is 0 Å². The molecule has 11 heteroatoms. The molecule has 3 heterocycles. The number of amides is 1. The average molecular weight is 442 g/mol. The molecule has 32 heavy (non-hydrogen) atoms. The fourth-order valence-corrected chi connectivity index (χ4v) is 3.87. The molecule has 0 radical (unpaired) electrons. The standard InChI is InChI=1S/C21H27FN8O2/c1-3-24-21(31)16-4-5-18(20(23)26-16)29-8-6-28(7-9-29)12-14-10-15(22)19-17(11-14)27-30(32)13(2)25-19/h4-5,10-11,27,32H,3,6-9,12H2,1-2H3,(H2,23,26)(H,24,31). The fraction of sp³-hybridized carbons (Fsp3) is 0.381. The van der Waals surface area contributed by atoms with Crippen LogP contribution in [0, 0.1) is 5.82 Å². The lowest BCUT2D eigenvalue weighted by atomic mass is 10.1. The van der Waals surface area contributed by atoms with Crippen molar-refractivity contribution in [2.24, 2.45) is 4.99 Å². The van der Waals surface area contributed by atoms with Crippen molar-refractivity contribution >= 4 is 34.6 Å². The maximum Gasteiger partial charge on any atom is 0.269 e. The summed E-state index contributed by atoms with van der Waals surface area (Å²) in [4.78, 5) is 24.6. The number of anilines is 3. The van der Waals surface area contributed by atoms with E-state index in [-0.39, 0.29) is 17.4 Å². The van der Waals surface area contributed by atoms with Gasteiger partial charge >= 0.3 is 0 Å². The Kier molecular flexibility index (Phi) is 6.10. The highest BCUT2D eigenvalue weighted by Gasteiger charge is 2.23. The molecule has 1 fully saturated rings. The summed E-state index contributed by atoms with van der Waals surface area (Å²) in [6, 6.07) is 6.79. The summed E-state index contributed by atoms with van der Waals surface area (Å²) in [5, 5.41) is 13.3. The minimum Gasteiger partial charge on any atom is -0.382 e. The highest BCUT2D eigenvalue weighted by Crippen LogP contribution is 2.33. The fourth-order valence-electron chi connectivity index (χ4n) is 3.87. The number of halogens is 1. The lowest BCUT2D eigenvalue weighted by molar-refractivity contribution is 0.0103. The molecule has 0 unspecified atom stereocenters. The highest BCUT2D eigenvalue weighted by molar-refractivity contribution is 5.93. The number of carbonyl (C=O) groups is 1. The molecule has 0 atom stereocenters. The van der Waals surface area contributed by atoms with Gasteiger partial charge in [-0.15, -0.1) is 0 Å². The molecular weight excluding hydrogens is 415 g/mol. The van der Waals surface area contributed by atoms with Gasteiger partial charge in [-0.25, -0.2) is 14.4 Å². The second kappa shape index (κ2) is 8.97. The number of fused-ring (bicyclic) bond motifs is 1. The normalized spacial score (nSPS) is 16.3. The summed E-state index contributed by atoms with van der Waals surface area (Å²) < 4.78 is 14.5. The van der Waals surface area contributed by atoms with E-state index in [1.54, 1.807) is 19.1 Å². The van der Waals surface area contributed by atoms with Gasteiger partial charge < -0.3 is 16.0 Å². The lowest BCUT2D eigenvalue weighted by Crippen LogP contribution is -2.46. The average Bonchev–Trinajstić information content (AvgIpc) is 2.76. The number of benzene rings is 1. The first-order chi connectivity index (χ1) is 15.4. The summed E-state index contributed by atoms with van der Waals surface area (Å²) in [5.74, 6) is -0.0721. The van der Waals surface area contributed by atoms with Crippen LogP contribution >= 0.6 is 0 Å². The SMILES string of the molecule is CCNC(=O)c1ccc(N2CCN(Cc3cc(F)c4c(c3)NN(O)C(C)=N4)CC2)c(N)n1. The first-order valence-corrected chi connectivity index (χ1v) is 10.5. The van der Waals surface area contributed by atoms with Gasteiger partial charge in [0.15, 0.2) is 11.7 Å². The van der Waals surface area contributed by atoms with Crippen LogP contribution in [0.1, 0.15) is 29.9 Å². The number of nitrogens with two attached hydrogens (primary N) is 1. The van der Waals surface area contributed by atoms with Crippen LogP contribution in [0.3, 0.4) is 0 Å². The summed E-state index contributed by atoms with van der Waals surface area (Å²) in [5.41, 5.74) is 11.4. The van der Waals surface area contributed by atoms with E-state index in [0.717, 1.165) is 42.6 Å². The van der Waals surface area contributed by atoms with Crippen molar-refractivity contribution in [1.82, 2.24) is 20.4 Å². The Bertz CT molecular complexity index is 1050. The van der Waals surface area contributed by atoms with E-state index >= 15 is 0 Å². The van der Waals surface area contributed by atoms with Gasteiger partial charge in [-0.2, -0.15) is 5.17 Å². The zero-order valence-corrected chi connectivity index (χ0v) is 18.1. The molecule has 5 N–H and O–H groups in total. The van der Waals surface area contributed by atoms with Crippen LogP contribution in [0.25, 0.3) is 0 Å². The van der Waals surface area contributed by atoms with Crippen LogP contribution < -0.4 is 21.4 Å². The minimum absolute atomic E-state index is 0.195. The Morgan fingerprint density at radius 3 is 2.72 bits per heavy atom. The predicted octanol–water partition coefficient (Wildman–Crippen LogP) is 1.96. The number of nitrogens with one attached hydrogen (secondary N) is 2. The Labute approximate surface area is 185 Å². The van der Waals surface area contributed by atoms with E-state index in [2.05, 4.69) is 30.5 Å². The number of nitrogen functional groups attached to an aromatic ring is 1. The molecule has 170 valence electrons. The Morgan fingerprint density at radius 2 is 2.03 bits per heavy atom. The predicted molar refractivity (Wildman–Crippen MR) is 121 cm³/mol. The molecule has 1 aromatic carbocycles. The molecule has 1 saturated heterocycles. The summed E-state index contributed by atoms with van der Waals surface area (Å²) >= 11 is 0. The number of hydrogen-bond donors (Lipinski definition) is 4. The quantitative estimate of drug-likeness (QED) is 0.554. The third kappa shape index (κ3) is 4.43. The van der Waals surface area contributed by atoms with Crippen molar-refractivity contribution < 1.29 is 14.4 Å². The van der Waals surface area contributed by atoms with E-state index in [0.29, 0.717) is 30.3 Å². The van der Waals surface area contributed by atoms with Crippen molar-refractivity contribution in [2.75, 3.05) is 48.8 Å². The van der Waals surface area contributed by atoms with E-state index in [1.807, 2.05) is 13.0 Å². The Hall–Kier alpha value is -3.44. The van der Waals surface area contributed by atoms with Crippen LogP contribution in [0.15, 0.2) is 29.3 Å². The first kappa shape index (κ1) is 21.8. The third-order valence-corrected chi connectivity index (χ3v) is 5.52. The topological polar surface area (TPSA) is 122 Å². The zero-order chi connectivity index (χ0) is 22.8. The number of rotatable bonds is 5. The number of hydroxylamine groups is 1. The van der Waals surface area contributed by atoms with Crippen molar-refractivity contribution in [1.29, 1.82) is 0 Å². The number of pyridine rings is 1. The second-order valence-electron chi connectivity index (χ2n) is 7.78. The largest absolute Gasteiger partial charge is 0.382 e. The molecule has 1 aromatic heterocycles. The molecular formula is C21H27FN8O2. The first-order valence-electron chi connectivity index (χ1n) is 10.5. The van der Waals surface area contributed by atoms with Crippen molar-refractivity contribution in [3.63, 3.8) is 0 Å². The third-order valence-electron chi connectivity index (χ3n) is 5.52. The zero-order valence-electron chi connectivity index (χ0n) is 18.1. The maximum atomic E-state index is 14.5. The molecule has 0 bridgehead atoms. The van der Waals surface area contributed by atoms with E-state index < -0.39 is 5.82 Å². The molecule has 2 aromatic rings. The van der Waals surface area contributed by atoms with E-state index in [9.17, 15) is 14.4 Å². The van der Waals surface area contributed by atoms with Crippen molar-refractivity contribution in [3.8, 4) is 0 Å². The van der Waals surface area contributed by atoms with Gasteiger partial charge in [-0.05, 0) is 43.7 Å². The number of carbonyl (C=O) groups excluding carboxylic acids is 1. The summed E-state index contributed by atoms with van der Waals surface area (Å²) in [7, 11) is 0. The molecule has 0 saturated carbocycles. The molecule has 2 aliphatic rings. The molecule has 10 nitrogen and oxygen atoms in total. The van der Waals surface area contributed by atoms with Gasteiger partial charge in [0.2, 0.25) is 0 Å². The lowest BCUT2D eigenvalue weighted by Gasteiger charge is -2.36. The van der Waals surface area contributed by atoms with Gasteiger partial charge in [0.1, 0.15) is 17.2 Å². The summed E-state index contributed by atoms with van der Waals surface area (Å²) in [6.07, 6.45) is 0. The van der Waals surface area contributed by atoms with Crippen molar-refractivity contribution in [2.45, 2.75) is 20.4 Å². The molecule has 2 aliphatic heterocycles. The Balaban J connectivity index is 1.39. The van der Waals surface area contributed by atoms with Crippen LogP contribution in [-0.2, 0) is 6.54 Å². The van der Waals surface area contributed by atoms with Crippen LogP contribution in [-0.4, -0.2) is 64.7 Å². The van der Waals surface area contributed by atoms with E-state index in [4.69, 9.17) is 5.73 Å². The number of aromatic nitrogens is 1. The van der Waals surface area contributed by atoms with Crippen LogP contribution in [0.5, 0.6) is 0 Å². The van der Waals surface area contributed by atoms with Gasteiger partial charge in [0, 0.05) is 39.3 Å². The Morgan fingerprint density at radius 1 is 1.28 bits per heavy atom. The number of piperazine rings is 1. The van der Waals surface area contributed by atoms with Crippen LogP contribution in [0.4, 0.5) is 27.3 Å². The monoisotopic (exact) mass is 442 g/mol. The van der Waals surface area contributed by atoms with Gasteiger partial charge in [0.25, 0.3) is 5.91 Å². The number of nitrogens with zero attached hydrogens (tertiary/aromatic N) is 5. The number of hydrogen-bond acceptors (Lipinski definition) is 9. The van der Waals surface area contributed by atoms with Gasteiger partial charge in [0.05, 0.1) is 11.4 Å². The van der Waals surface area contributed by atoms with Crippen molar-refractivity contribution in [3.05, 3.63) is 41.3 Å². The maximum absolute atomic E-state index is 14.5. The van der Waals surface area contributed by atoms with E-state index in [1.165, 1.54) is 6.07 Å². The number of aliphatic imine (C=N–C) groups is 1. The molecule has 4 rings (SSSR count). The smallest absolute Gasteiger partial charge is 0.269 e. The minimum atomic E-state index is -0.429. The van der Waals surface area contributed by atoms with Gasteiger partial charge in [-0.3, -0.25) is 20.3 Å². The second-order valence-corrected chi connectivity index (χ2v) is 7.78. The number of hydrazine groups is 1. The molecule has 0 aliphatic carbocycles. The number of amidine groups is 1. The highest BCUT2D eigenvalue weighted by atomic mass is 19.1. The molecule has 0 spiro atoms.